The molecule has 4 aromatic rings. The third kappa shape index (κ3) is 4.62. The van der Waals surface area contributed by atoms with E-state index in [-0.39, 0.29) is 23.6 Å². The number of aryl methyl sites for hydroxylation is 1. The number of thioether (sulfide) groups is 1. The molecule has 1 saturated heterocycles. The largest absolute Gasteiger partial charge is 0.329 e. The van der Waals surface area contributed by atoms with Gasteiger partial charge in [-0.1, -0.05) is 23.9 Å². The van der Waals surface area contributed by atoms with Crippen LogP contribution in [0.15, 0.2) is 60.0 Å². The van der Waals surface area contributed by atoms with Gasteiger partial charge in [0.05, 0.1) is 22.0 Å². The number of para-hydroxylation sites is 1. The number of carbonyl (C=O) groups excluding carboxylic acids is 2. The number of hydrogen-bond donors (Lipinski definition) is 1. The topological polar surface area (TPSA) is 93.0 Å². The van der Waals surface area contributed by atoms with Gasteiger partial charge in [-0.2, -0.15) is 0 Å². The Morgan fingerprint density at radius 1 is 1.18 bits per heavy atom. The second-order valence-corrected chi connectivity index (χ2v) is 9.82. The first-order chi connectivity index (χ1) is 16.1. The summed E-state index contributed by atoms with van der Waals surface area (Å²) in [5.74, 6) is 0.0789. The van der Waals surface area contributed by atoms with E-state index in [0.29, 0.717) is 16.4 Å². The lowest BCUT2D eigenvalue weighted by Crippen LogP contribution is -2.30. The zero-order valence-electron chi connectivity index (χ0n) is 18.0. The number of carbonyl (C=O) groups is 2. The third-order valence-electron chi connectivity index (χ3n) is 5.53. The standard InChI is InChI=1S/C23H22N6O2S2/c1-28-14-24-27-23(28)32-13-20(30)25-16-10-8-15(9-11-16)22(31)29-12-4-6-18(29)21-26-17-5-2-3-7-19(17)33-21/h2-3,5,7-11,14,18H,4,6,12-13H2,1H3,(H,25,30)/t18-/m1/s1. The van der Waals surface area contributed by atoms with Crippen molar-refractivity contribution < 1.29 is 9.59 Å². The number of fused-ring (bicyclic) bond motifs is 1. The summed E-state index contributed by atoms with van der Waals surface area (Å²) in [5, 5.41) is 12.3. The Labute approximate surface area is 199 Å². The lowest BCUT2D eigenvalue weighted by Gasteiger charge is -2.23. The minimum atomic E-state index is -0.141. The number of amides is 2. The summed E-state index contributed by atoms with van der Waals surface area (Å²) in [7, 11) is 1.83. The lowest BCUT2D eigenvalue weighted by atomic mass is 10.1. The van der Waals surface area contributed by atoms with Crippen molar-refractivity contribution in [1.82, 2.24) is 24.6 Å². The Bertz CT molecular complexity index is 1270. The first-order valence-corrected chi connectivity index (χ1v) is 12.4. The second kappa shape index (κ2) is 9.32. The van der Waals surface area contributed by atoms with E-state index in [0.717, 1.165) is 34.6 Å². The number of aromatic nitrogens is 4. The Morgan fingerprint density at radius 2 is 2.00 bits per heavy atom. The molecule has 0 unspecified atom stereocenters. The molecule has 2 amide bonds. The van der Waals surface area contributed by atoms with Gasteiger partial charge in [-0.15, -0.1) is 21.5 Å². The molecule has 8 nitrogen and oxygen atoms in total. The fourth-order valence-corrected chi connectivity index (χ4v) is 5.69. The number of rotatable bonds is 6. The van der Waals surface area contributed by atoms with Crippen molar-refractivity contribution in [1.29, 1.82) is 0 Å². The number of benzene rings is 2. The molecule has 0 bridgehead atoms. The van der Waals surface area contributed by atoms with E-state index in [1.54, 1.807) is 46.5 Å². The Hall–Kier alpha value is -3.24. The maximum absolute atomic E-state index is 13.2. The van der Waals surface area contributed by atoms with E-state index in [1.165, 1.54) is 11.8 Å². The molecule has 0 radical (unpaired) electrons. The van der Waals surface area contributed by atoms with Crippen LogP contribution in [0, 0.1) is 0 Å². The minimum absolute atomic E-state index is 0.00640. The predicted molar refractivity (Wildman–Crippen MR) is 129 cm³/mol. The summed E-state index contributed by atoms with van der Waals surface area (Å²) >= 11 is 2.98. The number of thiazole rings is 1. The van der Waals surface area contributed by atoms with Gasteiger partial charge in [-0.05, 0) is 49.2 Å². The molecule has 3 heterocycles. The fourth-order valence-electron chi connectivity index (χ4n) is 3.89. The normalized spacial score (nSPS) is 15.8. The van der Waals surface area contributed by atoms with E-state index in [2.05, 4.69) is 21.6 Å². The molecular formula is C23H22N6O2S2. The smallest absolute Gasteiger partial charge is 0.254 e. The number of nitrogens with zero attached hydrogens (tertiary/aromatic N) is 5. The zero-order chi connectivity index (χ0) is 22.8. The molecule has 10 heteroatoms. The summed E-state index contributed by atoms with van der Waals surface area (Å²) in [6.45, 7) is 0.719. The molecule has 0 aliphatic carbocycles. The van der Waals surface area contributed by atoms with E-state index in [9.17, 15) is 9.59 Å². The number of anilines is 1. The molecule has 1 aliphatic rings. The van der Waals surface area contributed by atoms with Gasteiger partial charge in [0, 0.05) is 24.8 Å². The van der Waals surface area contributed by atoms with Gasteiger partial charge >= 0.3 is 0 Å². The van der Waals surface area contributed by atoms with Crippen LogP contribution in [0.1, 0.15) is 34.2 Å². The first kappa shape index (κ1) is 21.6. The van der Waals surface area contributed by atoms with Crippen LogP contribution in [0.25, 0.3) is 10.2 Å². The van der Waals surface area contributed by atoms with Crippen LogP contribution >= 0.6 is 23.1 Å². The van der Waals surface area contributed by atoms with Gasteiger partial charge in [-0.3, -0.25) is 9.59 Å². The Kier molecular flexibility index (Phi) is 6.10. The number of likely N-dealkylation sites (tertiary alicyclic amines) is 1. The summed E-state index contributed by atoms with van der Waals surface area (Å²) in [6, 6.07) is 15.1. The monoisotopic (exact) mass is 478 g/mol. The van der Waals surface area contributed by atoms with Gasteiger partial charge in [0.25, 0.3) is 5.91 Å². The SMILES string of the molecule is Cn1cnnc1SCC(=O)Nc1ccc(C(=O)N2CCC[C@@H]2c2nc3ccccc3s2)cc1. The van der Waals surface area contributed by atoms with Crippen LogP contribution in [0.5, 0.6) is 0 Å². The van der Waals surface area contributed by atoms with Crippen molar-refractivity contribution in [2.24, 2.45) is 7.05 Å². The van der Waals surface area contributed by atoms with E-state index < -0.39 is 0 Å². The molecule has 1 atom stereocenters. The Morgan fingerprint density at radius 3 is 2.76 bits per heavy atom. The van der Waals surface area contributed by atoms with Crippen molar-refractivity contribution >= 4 is 50.8 Å². The average Bonchev–Trinajstić information content (AvgIpc) is 3.56. The summed E-state index contributed by atoms with van der Waals surface area (Å²) in [5.41, 5.74) is 2.24. The molecule has 1 aliphatic heterocycles. The average molecular weight is 479 g/mol. The van der Waals surface area contributed by atoms with Crippen LogP contribution in [0.4, 0.5) is 5.69 Å². The van der Waals surface area contributed by atoms with Crippen molar-refractivity contribution in [2.75, 3.05) is 17.6 Å². The van der Waals surface area contributed by atoms with Crippen LogP contribution in [0.2, 0.25) is 0 Å². The highest BCUT2D eigenvalue weighted by molar-refractivity contribution is 7.99. The molecule has 1 N–H and O–H groups in total. The van der Waals surface area contributed by atoms with Crippen molar-refractivity contribution in [3.8, 4) is 0 Å². The zero-order valence-corrected chi connectivity index (χ0v) is 19.6. The van der Waals surface area contributed by atoms with E-state index >= 15 is 0 Å². The molecule has 5 rings (SSSR count). The summed E-state index contributed by atoms with van der Waals surface area (Å²) in [4.78, 5) is 32.2. The predicted octanol–water partition coefficient (Wildman–Crippen LogP) is 4.13. The Balaban J connectivity index is 1.23. The summed E-state index contributed by atoms with van der Waals surface area (Å²) in [6.07, 6.45) is 3.48. The van der Waals surface area contributed by atoms with Crippen molar-refractivity contribution in [3.63, 3.8) is 0 Å². The molecule has 1 fully saturated rings. The van der Waals surface area contributed by atoms with Crippen LogP contribution in [-0.4, -0.2) is 48.8 Å². The molecule has 2 aromatic heterocycles. The molecular weight excluding hydrogens is 456 g/mol. The highest BCUT2D eigenvalue weighted by Crippen LogP contribution is 2.37. The maximum Gasteiger partial charge on any atom is 0.254 e. The van der Waals surface area contributed by atoms with Gasteiger partial charge in [0.15, 0.2) is 5.16 Å². The van der Waals surface area contributed by atoms with E-state index in [4.69, 9.17) is 4.98 Å². The van der Waals surface area contributed by atoms with E-state index in [1.807, 2.05) is 30.1 Å². The maximum atomic E-state index is 13.2. The molecule has 168 valence electrons. The quantitative estimate of drug-likeness (QED) is 0.419. The number of nitrogens with one attached hydrogen (secondary N) is 1. The van der Waals surface area contributed by atoms with Gasteiger partial charge in [-0.25, -0.2) is 4.98 Å². The number of hydrogen-bond acceptors (Lipinski definition) is 7. The third-order valence-corrected chi connectivity index (χ3v) is 7.70. The highest BCUT2D eigenvalue weighted by atomic mass is 32.2. The van der Waals surface area contributed by atoms with Crippen molar-refractivity contribution in [2.45, 2.75) is 24.0 Å². The molecule has 0 spiro atoms. The van der Waals surface area contributed by atoms with Crippen LogP contribution in [0.3, 0.4) is 0 Å². The van der Waals surface area contributed by atoms with Gasteiger partial charge < -0.3 is 14.8 Å². The summed E-state index contributed by atoms with van der Waals surface area (Å²) < 4.78 is 2.91. The molecule has 2 aromatic carbocycles. The van der Waals surface area contributed by atoms with Crippen LogP contribution < -0.4 is 5.32 Å². The lowest BCUT2D eigenvalue weighted by molar-refractivity contribution is -0.113. The van der Waals surface area contributed by atoms with Gasteiger partial charge in [0.2, 0.25) is 5.91 Å². The van der Waals surface area contributed by atoms with Crippen molar-refractivity contribution in [3.05, 3.63) is 65.4 Å². The fraction of sp³-hybridized carbons (Fsp3) is 0.261. The van der Waals surface area contributed by atoms with Gasteiger partial charge in [0.1, 0.15) is 11.3 Å². The molecule has 0 saturated carbocycles. The molecule has 33 heavy (non-hydrogen) atoms. The minimum Gasteiger partial charge on any atom is -0.329 e. The van der Waals surface area contributed by atoms with Crippen LogP contribution in [-0.2, 0) is 11.8 Å². The first-order valence-electron chi connectivity index (χ1n) is 10.6. The highest BCUT2D eigenvalue weighted by Gasteiger charge is 2.32. The second-order valence-electron chi connectivity index (χ2n) is 7.82.